The van der Waals surface area contributed by atoms with Crippen LogP contribution in [0.3, 0.4) is 0 Å². The van der Waals surface area contributed by atoms with Gasteiger partial charge in [-0.15, -0.1) is 0 Å². The molecule has 0 aliphatic heterocycles. The van der Waals surface area contributed by atoms with Gasteiger partial charge in [-0.3, -0.25) is 4.79 Å². The van der Waals surface area contributed by atoms with Gasteiger partial charge in [0.2, 0.25) is 0 Å². The zero-order valence-electron chi connectivity index (χ0n) is 10.3. The summed E-state index contributed by atoms with van der Waals surface area (Å²) >= 11 is 0. The summed E-state index contributed by atoms with van der Waals surface area (Å²) in [5, 5.41) is 10.7. The highest BCUT2D eigenvalue weighted by Gasteiger charge is 2.14. The Hall–Kier alpha value is -2.15. The van der Waals surface area contributed by atoms with Crippen molar-refractivity contribution >= 4 is 11.9 Å². The normalized spacial score (nSPS) is 10.0. The molecule has 0 aromatic heterocycles. The Labute approximate surface area is 109 Å². The molecule has 0 atom stereocenters. The first-order valence-corrected chi connectivity index (χ1v) is 5.46. The van der Waals surface area contributed by atoms with E-state index in [0.29, 0.717) is 0 Å². The molecular weight excluding hydrogens is 257 g/mol. The number of carbonyl (C=O) groups is 2. The third-order valence-electron chi connectivity index (χ3n) is 2.19. The summed E-state index contributed by atoms with van der Waals surface area (Å²) < 4.78 is 23.2. The number of ether oxygens (including phenoxy) is 2. The summed E-state index contributed by atoms with van der Waals surface area (Å²) in [5.74, 6) is -2.47. The molecule has 1 aromatic rings. The van der Waals surface area contributed by atoms with Gasteiger partial charge >= 0.3 is 5.97 Å². The van der Waals surface area contributed by atoms with Gasteiger partial charge in [0.15, 0.2) is 11.6 Å². The molecule has 1 amide bonds. The summed E-state index contributed by atoms with van der Waals surface area (Å²) in [6.45, 7) is -0.324. The third-order valence-corrected chi connectivity index (χ3v) is 2.19. The lowest BCUT2D eigenvalue weighted by molar-refractivity contribution is -0.142. The van der Waals surface area contributed by atoms with Crippen LogP contribution in [-0.2, 0) is 9.53 Å². The van der Waals surface area contributed by atoms with Crippen LogP contribution in [0.2, 0.25) is 0 Å². The summed E-state index contributed by atoms with van der Waals surface area (Å²) in [7, 11) is 1.31. The van der Waals surface area contributed by atoms with Crippen LogP contribution in [0.25, 0.3) is 0 Å². The molecular formula is C12H14FNO5. The molecule has 0 heterocycles. The molecule has 6 nitrogen and oxygen atoms in total. The van der Waals surface area contributed by atoms with E-state index in [-0.39, 0.29) is 24.5 Å². The number of rotatable bonds is 7. The largest absolute Gasteiger partial charge is 0.494 e. The minimum absolute atomic E-state index is 0.0187. The molecule has 0 bridgehead atoms. The van der Waals surface area contributed by atoms with E-state index in [2.05, 4.69) is 5.32 Å². The first kappa shape index (κ1) is 14.9. The van der Waals surface area contributed by atoms with Crippen molar-refractivity contribution in [3.05, 3.63) is 29.6 Å². The van der Waals surface area contributed by atoms with E-state index < -0.39 is 24.3 Å². The van der Waals surface area contributed by atoms with E-state index in [1.807, 2.05) is 0 Å². The van der Waals surface area contributed by atoms with Gasteiger partial charge in [0.05, 0.1) is 19.3 Å². The van der Waals surface area contributed by atoms with E-state index in [1.165, 1.54) is 25.3 Å². The van der Waals surface area contributed by atoms with Gasteiger partial charge in [0.1, 0.15) is 6.61 Å². The first-order chi connectivity index (χ1) is 9.06. The maximum absolute atomic E-state index is 13.7. The van der Waals surface area contributed by atoms with Crippen LogP contribution < -0.4 is 10.1 Å². The van der Waals surface area contributed by atoms with E-state index in [4.69, 9.17) is 14.6 Å². The summed E-state index contributed by atoms with van der Waals surface area (Å²) in [6, 6.07) is 4.23. The SMILES string of the molecule is COc1cccc(C(=O)NCCOCC(=O)O)c1F. The lowest BCUT2D eigenvalue weighted by Gasteiger charge is -2.08. The molecule has 0 saturated heterocycles. The Kier molecular flexibility index (Phi) is 5.74. The molecule has 0 fully saturated rings. The van der Waals surface area contributed by atoms with Crippen LogP contribution in [0, 0.1) is 5.82 Å². The topological polar surface area (TPSA) is 84.9 Å². The lowest BCUT2D eigenvalue weighted by Crippen LogP contribution is -2.28. The van der Waals surface area contributed by atoms with Crippen molar-refractivity contribution in [2.75, 3.05) is 26.9 Å². The zero-order valence-corrected chi connectivity index (χ0v) is 10.3. The van der Waals surface area contributed by atoms with Gasteiger partial charge in [0, 0.05) is 6.54 Å². The fourth-order valence-corrected chi connectivity index (χ4v) is 1.34. The first-order valence-electron chi connectivity index (χ1n) is 5.46. The van der Waals surface area contributed by atoms with Crippen molar-refractivity contribution in [1.82, 2.24) is 5.32 Å². The van der Waals surface area contributed by atoms with Crippen LogP contribution in [0.15, 0.2) is 18.2 Å². The average molecular weight is 271 g/mol. The van der Waals surface area contributed by atoms with Gasteiger partial charge in [-0.2, -0.15) is 0 Å². The van der Waals surface area contributed by atoms with Crippen LogP contribution >= 0.6 is 0 Å². The van der Waals surface area contributed by atoms with E-state index in [9.17, 15) is 14.0 Å². The summed E-state index contributed by atoms with van der Waals surface area (Å²) in [4.78, 5) is 21.8. The Morgan fingerprint density at radius 3 is 2.79 bits per heavy atom. The number of aliphatic carboxylic acids is 1. The van der Waals surface area contributed by atoms with Crippen LogP contribution in [0.1, 0.15) is 10.4 Å². The monoisotopic (exact) mass is 271 g/mol. The van der Waals surface area contributed by atoms with Gasteiger partial charge in [-0.05, 0) is 12.1 Å². The fourth-order valence-electron chi connectivity index (χ4n) is 1.34. The van der Waals surface area contributed by atoms with Crippen molar-refractivity contribution in [2.24, 2.45) is 0 Å². The highest BCUT2D eigenvalue weighted by Crippen LogP contribution is 2.19. The van der Waals surface area contributed by atoms with Crippen molar-refractivity contribution in [3.8, 4) is 5.75 Å². The maximum Gasteiger partial charge on any atom is 0.329 e. The predicted molar refractivity (Wildman–Crippen MR) is 63.7 cm³/mol. The molecule has 2 N–H and O–H groups in total. The zero-order chi connectivity index (χ0) is 14.3. The standard InChI is InChI=1S/C12H14FNO5/c1-18-9-4-2-3-8(11(9)13)12(17)14-5-6-19-7-10(15)16/h2-4H,5-7H2,1H3,(H,14,17)(H,15,16). The van der Waals surface area contributed by atoms with Crippen molar-refractivity contribution in [3.63, 3.8) is 0 Å². The summed E-state index contributed by atoms with van der Waals surface area (Å²) in [5.41, 5.74) is -0.141. The van der Waals surface area contributed by atoms with Crippen molar-refractivity contribution in [1.29, 1.82) is 0 Å². The van der Waals surface area contributed by atoms with Crippen LogP contribution in [0.5, 0.6) is 5.75 Å². The summed E-state index contributed by atoms with van der Waals surface area (Å²) in [6.07, 6.45) is 0. The molecule has 0 saturated carbocycles. The predicted octanol–water partition coefficient (Wildman–Crippen LogP) is 0.665. The van der Waals surface area contributed by atoms with Gasteiger partial charge in [-0.25, -0.2) is 9.18 Å². The molecule has 1 aromatic carbocycles. The number of carboxylic acid groups (broad SMARTS) is 1. The van der Waals surface area contributed by atoms with Crippen LogP contribution in [-0.4, -0.2) is 43.9 Å². The number of carboxylic acids is 1. The molecule has 0 spiro atoms. The van der Waals surface area contributed by atoms with Gasteiger partial charge in [0.25, 0.3) is 5.91 Å². The number of hydrogen-bond acceptors (Lipinski definition) is 4. The number of carbonyl (C=O) groups excluding carboxylic acids is 1. The Bertz CT molecular complexity index is 463. The van der Waals surface area contributed by atoms with Gasteiger partial charge in [-0.1, -0.05) is 6.07 Å². The smallest absolute Gasteiger partial charge is 0.329 e. The molecule has 0 radical (unpaired) electrons. The Morgan fingerprint density at radius 2 is 2.16 bits per heavy atom. The number of hydrogen-bond donors (Lipinski definition) is 2. The van der Waals surface area contributed by atoms with Crippen molar-refractivity contribution < 1.29 is 28.6 Å². The second kappa shape index (κ2) is 7.32. The van der Waals surface area contributed by atoms with Crippen molar-refractivity contribution in [2.45, 2.75) is 0 Å². The number of amides is 1. The van der Waals surface area contributed by atoms with E-state index >= 15 is 0 Å². The second-order valence-corrected chi connectivity index (χ2v) is 3.52. The number of benzene rings is 1. The van der Waals surface area contributed by atoms with E-state index in [1.54, 1.807) is 0 Å². The molecule has 0 unspecified atom stereocenters. The quantitative estimate of drug-likeness (QED) is 0.712. The number of methoxy groups -OCH3 is 1. The molecule has 19 heavy (non-hydrogen) atoms. The Balaban J connectivity index is 2.48. The fraction of sp³-hybridized carbons (Fsp3) is 0.333. The highest BCUT2D eigenvalue weighted by molar-refractivity contribution is 5.94. The minimum atomic E-state index is -1.09. The van der Waals surface area contributed by atoms with Gasteiger partial charge < -0.3 is 19.9 Å². The molecule has 0 aliphatic carbocycles. The lowest BCUT2D eigenvalue weighted by atomic mass is 10.2. The highest BCUT2D eigenvalue weighted by atomic mass is 19.1. The third kappa shape index (κ3) is 4.55. The number of nitrogens with one attached hydrogen (secondary N) is 1. The molecule has 0 aliphatic rings. The average Bonchev–Trinajstić information content (AvgIpc) is 2.38. The molecule has 1 rings (SSSR count). The number of halogens is 1. The van der Waals surface area contributed by atoms with Crippen LogP contribution in [0.4, 0.5) is 4.39 Å². The molecule has 7 heteroatoms. The Morgan fingerprint density at radius 1 is 1.42 bits per heavy atom. The maximum atomic E-state index is 13.7. The van der Waals surface area contributed by atoms with E-state index in [0.717, 1.165) is 0 Å². The minimum Gasteiger partial charge on any atom is -0.494 e. The second-order valence-electron chi connectivity index (χ2n) is 3.52. The molecule has 104 valence electrons.